The molecule has 0 spiro atoms. The van der Waals surface area contributed by atoms with Gasteiger partial charge in [0.2, 0.25) is 5.91 Å². The standard InChI is InChI=1S/C18H18FN5O/c19-15-4-1-5-16(11-15)22-17(25)13-23-7-9-24(10-8-23)18-14(12-20)3-2-6-21-18/h1-6,11H,7-10,13H2,(H,22,25). The minimum absolute atomic E-state index is 0.172. The Hall–Kier alpha value is -2.98. The number of pyridine rings is 1. The minimum atomic E-state index is -0.380. The molecule has 1 aromatic carbocycles. The van der Waals surface area contributed by atoms with E-state index in [-0.39, 0.29) is 18.3 Å². The van der Waals surface area contributed by atoms with Crippen LogP contribution in [0.4, 0.5) is 15.9 Å². The van der Waals surface area contributed by atoms with E-state index in [1.54, 1.807) is 30.5 Å². The van der Waals surface area contributed by atoms with Crippen LogP contribution in [-0.4, -0.2) is 48.5 Å². The molecule has 2 aromatic rings. The van der Waals surface area contributed by atoms with Crippen molar-refractivity contribution in [2.24, 2.45) is 0 Å². The molecule has 0 radical (unpaired) electrons. The summed E-state index contributed by atoms with van der Waals surface area (Å²) in [6, 6.07) is 11.5. The maximum Gasteiger partial charge on any atom is 0.238 e. The summed E-state index contributed by atoms with van der Waals surface area (Å²) >= 11 is 0. The molecular weight excluding hydrogens is 321 g/mol. The molecule has 0 aliphatic carbocycles. The predicted molar refractivity (Wildman–Crippen MR) is 92.6 cm³/mol. The number of piperazine rings is 1. The number of nitrogens with zero attached hydrogens (tertiary/aromatic N) is 4. The Morgan fingerprint density at radius 2 is 2.04 bits per heavy atom. The fourth-order valence-electron chi connectivity index (χ4n) is 2.82. The molecule has 25 heavy (non-hydrogen) atoms. The molecular formula is C18H18FN5O. The molecule has 128 valence electrons. The molecule has 0 bridgehead atoms. The van der Waals surface area contributed by atoms with E-state index in [4.69, 9.17) is 0 Å². The number of aromatic nitrogens is 1. The van der Waals surface area contributed by atoms with E-state index in [1.807, 2.05) is 4.90 Å². The van der Waals surface area contributed by atoms with Crippen LogP contribution >= 0.6 is 0 Å². The second-order valence-electron chi connectivity index (χ2n) is 5.81. The summed E-state index contributed by atoms with van der Waals surface area (Å²) in [6.45, 7) is 3.02. The molecule has 6 nitrogen and oxygen atoms in total. The van der Waals surface area contributed by atoms with Gasteiger partial charge in [0, 0.05) is 38.1 Å². The highest BCUT2D eigenvalue weighted by Gasteiger charge is 2.21. The van der Waals surface area contributed by atoms with Gasteiger partial charge in [-0.05, 0) is 30.3 Å². The number of hydrogen-bond acceptors (Lipinski definition) is 5. The van der Waals surface area contributed by atoms with E-state index in [0.717, 1.165) is 0 Å². The maximum atomic E-state index is 13.1. The lowest BCUT2D eigenvalue weighted by molar-refractivity contribution is -0.117. The van der Waals surface area contributed by atoms with Crippen LogP contribution in [-0.2, 0) is 4.79 Å². The Bertz CT molecular complexity index is 796. The zero-order valence-corrected chi connectivity index (χ0v) is 13.7. The molecule has 1 saturated heterocycles. The highest BCUT2D eigenvalue weighted by molar-refractivity contribution is 5.92. The number of anilines is 2. The second-order valence-corrected chi connectivity index (χ2v) is 5.81. The van der Waals surface area contributed by atoms with Gasteiger partial charge in [-0.15, -0.1) is 0 Å². The molecule has 3 rings (SSSR count). The molecule has 1 aliphatic rings. The minimum Gasteiger partial charge on any atom is -0.353 e. The Kier molecular flexibility index (Phi) is 5.21. The van der Waals surface area contributed by atoms with E-state index in [9.17, 15) is 14.4 Å². The number of benzene rings is 1. The quantitative estimate of drug-likeness (QED) is 0.920. The van der Waals surface area contributed by atoms with Crippen molar-refractivity contribution in [2.45, 2.75) is 0 Å². The maximum absolute atomic E-state index is 13.1. The Labute approximate surface area is 145 Å². The Morgan fingerprint density at radius 3 is 2.76 bits per heavy atom. The van der Waals surface area contributed by atoms with Crippen LogP contribution in [0.25, 0.3) is 0 Å². The first-order chi connectivity index (χ1) is 12.2. The van der Waals surface area contributed by atoms with Gasteiger partial charge in [0.15, 0.2) is 0 Å². The fraction of sp³-hybridized carbons (Fsp3) is 0.278. The Morgan fingerprint density at radius 1 is 1.24 bits per heavy atom. The summed E-state index contributed by atoms with van der Waals surface area (Å²) in [5.74, 6) is 0.138. The number of halogens is 1. The third-order valence-electron chi connectivity index (χ3n) is 4.05. The average molecular weight is 339 g/mol. The molecule has 1 N–H and O–H groups in total. The van der Waals surface area contributed by atoms with Crippen molar-refractivity contribution in [3.05, 3.63) is 54.0 Å². The monoisotopic (exact) mass is 339 g/mol. The van der Waals surface area contributed by atoms with Gasteiger partial charge in [-0.2, -0.15) is 5.26 Å². The van der Waals surface area contributed by atoms with Crippen LogP contribution in [0.1, 0.15) is 5.56 Å². The molecule has 0 unspecified atom stereocenters. The van der Waals surface area contributed by atoms with Crippen LogP contribution in [0, 0.1) is 17.1 Å². The smallest absolute Gasteiger partial charge is 0.238 e. The number of carbonyl (C=O) groups is 1. The van der Waals surface area contributed by atoms with Gasteiger partial charge >= 0.3 is 0 Å². The van der Waals surface area contributed by atoms with E-state index < -0.39 is 0 Å². The normalized spacial score (nSPS) is 14.8. The van der Waals surface area contributed by atoms with Crippen molar-refractivity contribution in [3.63, 3.8) is 0 Å². The van der Waals surface area contributed by atoms with Gasteiger partial charge in [0.05, 0.1) is 12.1 Å². The predicted octanol–water partition coefficient (Wildman–Crippen LogP) is 1.85. The van der Waals surface area contributed by atoms with E-state index in [2.05, 4.69) is 21.3 Å². The van der Waals surface area contributed by atoms with Crippen LogP contribution in [0.5, 0.6) is 0 Å². The first kappa shape index (κ1) is 16.9. The van der Waals surface area contributed by atoms with Crippen molar-refractivity contribution < 1.29 is 9.18 Å². The molecule has 7 heteroatoms. The SMILES string of the molecule is N#Cc1cccnc1N1CCN(CC(=O)Nc2cccc(F)c2)CC1. The molecule has 1 fully saturated rings. The average Bonchev–Trinajstić information content (AvgIpc) is 2.62. The van der Waals surface area contributed by atoms with Gasteiger partial charge in [-0.3, -0.25) is 9.69 Å². The van der Waals surface area contributed by atoms with E-state index in [1.165, 1.54) is 12.1 Å². The fourth-order valence-corrected chi connectivity index (χ4v) is 2.82. The number of carbonyl (C=O) groups excluding carboxylic acids is 1. The first-order valence-electron chi connectivity index (χ1n) is 8.03. The van der Waals surface area contributed by atoms with E-state index in [0.29, 0.717) is 43.2 Å². The van der Waals surface area contributed by atoms with Crippen LogP contribution in [0.3, 0.4) is 0 Å². The molecule has 0 saturated carbocycles. The third-order valence-corrected chi connectivity index (χ3v) is 4.05. The summed E-state index contributed by atoms with van der Waals surface area (Å²) in [5.41, 5.74) is 1.01. The number of nitriles is 1. The van der Waals surface area contributed by atoms with Gasteiger partial charge in [-0.1, -0.05) is 6.07 Å². The topological polar surface area (TPSA) is 72.3 Å². The van der Waals surface area contributed by atoms with Gasteiger partial charge in [0.25, 0.3) is 0 Å². The number of rotatable bonds is 4. The lowest BCUT2D eigenvalue weighted by Gasteiger charge is -2.35. The van der Waals surface area contributed by atoms with Crippen LogP contribution in [0.15, 0.2) is 42.6 Å². The molecule has 1 aliphatic heterocycles. The van der Waals surface area contributed by atoms with Gasteiger partial charge < -0.3 is 10.2 Å². The number of nitrogens with one attached hydrogen (secondary N) is 1. The zero-order valence-electron chi connectivity index (χ0n) is 13.7. The molecule has 1 aromatic heterocycles. The highest BCUT2D eigenvalue weighted by atomic mass is 19.1. The van der Waals surface area contributed by atoms with E-state index >= 15 is 0 Å². The summed E-state index contributed by atoms with van der Waals surface area (Å²) in [7, 11) is 0. The van der Waals surface area contributed by atoms with Crippen LogP contribution < -0.4 is 10.2 Å². The molecule has 1 amide bonds. The highest BCUT2D eigenvalue weighted by Crippen LogP contribution is 2.18. The zero-order chi connectivity index (χ0) is 17.6. The van der Waals surface area contributed by atoms with Crippen molar-refractivity contribution in [2.75, 3.05) is 42.9 Å². The van der Waals surface area contributed by atoms with Crippen molar-refractivity contribution in [1.29, 1.82) is 5.26 Å². The number of hydrogen-bond donors (Lipinski definition) is 1. The first-order valence-corrected chi connectivity index (χ1v) is 8.03. The summed E-state index contributed by atoms with van der Waals surface area (Å²) in [5, 5.41) is 11.9. The third kappa shape index (κ3) is 4.31. The van der Waals surface area contributed by atoms with Gasteiger partial charge in [-0.25, -0.2) is 9.37 Å². The molecule has 0 atom stereocenters. The van der Waals surface area contributed by atoms with Gasteiger partial charge in [0.1, 0.15) is 17.7 Å². The van der Waals surface area contributed by atoms with Crippen molar-refractivity contribution >= 4 is 17.4 Å². The van der Waals surface area contributed by atoms with Crippen LogP contribution in [0.2, 0.25) is 0 Å². The lowest BCUT2D eigenvalue weighted by atomic mass is 10.2. The lowest BCUT2D eigenvalue weighted by Crippen LogP contribution is -2.49. The Balaban J connectivity index is 1.52. The summed E-state index contributed by atoms with van der Waals surface area (Å²) in [6.07, 6.45) is 1.68. The van der Waals surface area contributed by atoms with Crippen molar-refractivity contribution in [1.82, 2.24) is 9.88 Å². The summed E-state index contributed by atoms with van der Waals surface area (Å²) < 4.78 is 13.1. The van der Waals surface area contributed by atoms with Crippen molar-refractivity contribution in [3.8, 4) is 6.07 Å². The molecule has 2 heterocycles. The summed E-state index contributed by atoms with van der Waals surface area (Å²) in [4.78, 5) is 20.5. The second kappa shape index (κ2) is 7.73. The largest absolute Gasteiger partial charge is 0.353 e. The number of amides is 1.